The Bertz CT molecular complexity index is 1130. The SMILES string of the molecule is CCOC(=O)CN1C(=O)S/C(=C\c2ccc(OC)c(OCc3ccccc3[N+](=O)[O-])c2)C1=O. The van der Waals surface area contributed by atoms with Crippen LogP contribution in [0.2, 0.25) is 0 Å². The molecular formula is C22H20N2O8S. The highest BCUT2D eigenvalue weighted by molar-refractivity contribution is 8.18. The smallest absolute Gasteiger partial charge is 0.326 e. The predicted octanol–water partition coefficient (Wildman–Crippen LogP) is 3.78. The number of rotatable bonds is 9. The first-order valence-corrected chi connectivity index (χ1v) is 10.6. The van der Waals surface area contributed by atoms with Crippen LogP contribution in [0.5, 0.6) is 11.5 Å². The van der Waals surface area contributed by atoms with E-state index in [2.05, 4.69) is 0 Å². The van der Waals surface area contributed by atoms with E-state index in [0.29, 0.717) is 34.4 Å². The quantitative estimate of drug-likeness (QED) is 0.232. The molecule has 2 aromatic rings. The fraction of sp³-hybridized carbons (Fsp3) is 0.227. The van der Waals surface area contributed by atoms with Gasteiger partial charge in [0.2, 0.25) is 0 Å². The van der Waals surface area contributed by atoms with Crippen LogP contribution in [-0.2, 0) is 20.9 Å². The highest BCUT2D eigenvalue weighted by Gasteiger charge is 2.36. The van der Waals surface area contributed by atoms with Gasteiger partial charge < -0.3 is 14.2 Å². The largest absolute Gasteiger partial charge is 0.493 e. The molecule has 0 saturated carbocycles. The number of para-hydroxylation sites is 1. The zero-order valence-electron chi connectivity index (χ0n) is 17.8. The highest BCUT2D eigenvalue weighted by atomic mass is 32.2. The van der Waals surface area contributed by atoms with Gasteiger partial charge in [0.05, 0.1) is 29.1 Å². The summed E-state index contributed by atoms with van der Waals surface area (Å²) in [6.07, 6.45) is 1.49. The lowest BCUT2D eigenvalue weighted by Crippen LogP contribution is -2.34. The minimum atomic E-state index is -0.670. The van der Waals surface area contributed by atoms with E-state index in [-0.39, 0.29) is 23.8 Å². The summed E-state index contributed by atoms with van der Waals surface area (Å²) in [5.41, 5.74) is 0.855. The van der Waals surface area contributed by atoms with E-state index >= 15 is 0 Å². The van der Waals surface area contributed by atoms with Gasteiger partial charge in [-0.1, -0.05) is 18.2 Å². The van der Waals surface area contributed by atoms with Crippen molar-refractivity contribution in [2.45, 2.75) is 13.5 Å². The summed E-state index contributed by atoms with van der Waals surface area (Å²) in [6.45, 7) is 1.24. The molecule has 0 spiro atoms. The van der Waals surface area contributed by atoms with E-state index < -0.39 is 28.6 Å². The average Bonchev–Trinajstić information content (AvgIpc) is 3.05. The normalized spacial score (nSPS) is 14.5. The van der Waals surface area contributed by atoms with Crippen molar-refractivity contribution < 1.29 is 33.5 Å². The maximum absolute atomic E-state index is 12.6. The van der Waals surface area contributed by atoms with Gasteiger partial charge in [0, 0.05) is 6.07 Å². The van der Waals surface area contributed by atoms with Crippen LogP contribution in [0.4, 0.5) is 10.5 Å². The van der Waals surface area contributed by atoms with Crippen molar-refractivity contribution in [2.24, 2.45) is 0 Å². The molecule has 0 N–H and O–H groups in total. The fourth-order valence-electron chi connectivity index (χ4n) is 2.99. The number of nitrogens with zero attached hydrogens (tertiary/aromatic N) is 2. The van der Waals surface area contributed by atoms with E-state index in [9.17, 15) is 24.5 Å². The standard InChI is InChI=1S/C22H20N2O8S/c1-3-31-20(25)12-23-21(26)19(33-22(23)27)11-14-8-9-17(30-2)18(10-14)32-13-15-6-4-5-7-16(15)24(28)29/h4-11H,3,12-13H2,1-2H3/b19-11-. The molecule has 10 nitrogen and oxygen atoms in total. The van der Waals surface area contributed by atoms with Crippen LogP contribution in [0.1, 0.15) is 18.1 Å². The topological polar surface area (TPSA) is 125 Å². The Hall–Kier alpha value is -3.86. The molecule has 0 atom stereocenters. The second kappa shape index (κ2) is 10.6. The molecule has 172 valence electrons. The van der Waals surface area contributed by atoms with Crippen LogP contribution in [0.25, 0.3) is 6.08 Å². The van der Waals surface area contributed by atoms with E-state index in [0.717, 1.165) is 4.90 Å². The number of nitro benzene ring substituents is 1. The highest BCUT2D eigenvalue weighted by Crippen LogP contribution is 2.35. The lowest BCUT2D eigenvalue weighted by atomic mass is 10.1. The number of ether oxygens (including phenoxy) is 3. The molecule has 11 heteroatoms. The van der Waals surface area contributed by atoms with Crippen LogP contribution in [0.15, 0.2) is 47.4 Å². The minimum absolute atomic E-state index is 0.0668. The van der Waals surface area contributed by atoms with Crippen molar-refractivity contribution in [3.8, 4) is 11.5 Å². The van der Waals surface area contributed by atoms with Gasteiger partial charge in [-0.05, 0) is 48.5 Å². The molecule has 33 heavy (non-hydrogen) atoms. The molecule has 1 aliphatic heterocycles. The Kier molecular flexibility index (Phi) is 7.67. The number of esters is 1. The number of carbonyl (C=O) groups excluding carboxylic acids is 3. The van der Waals surface area contributed by atoms with E-state index in [4.69, 9.17) is 14.2 Å². The Morgan fingerprint density at radius 2 is 1.94 bits per heavy atom. The molecule has 0 unspecified atom stereocenters. The maximum atomic E-state index is 12.6. The predicted molar refractivity (Wildman–Crippen MR) is 120 cm³/mol. The number of imide groups is 1. The first-order chi connectivity index (χ1) is 15.8. The molecule has 1 saturated heterocycles. The molecule has 2 amide bonds. The summed E-state index contributed by atoms with van der Waals surface area (Å²) in [5, 5.41) is 10.6. The van der Waals surface area contributed by atoms with Crippen LogP contribution < -0.4 is 9.47 Å². The van der Waals surface area contributed by atoms with Crippen LogP contribution in [0.3, 0.4) is 0 Å². The molecule has 0 radical (unpaired) electrons. The molecule has 2 aromatic carbocycles. The summed E-state index contributed by atoms with van der Waals surface area (Å²) in [7, 11) is 1.45. The van der Waals surface area contributed by atoms with E-state index in [1.54, 1.807) is 43.3 Å². The lowest BCUT2D eigenvalue weighted by molar-refractivity contribution is -0.385. The van der Waals surface area contributed by atoms with Crippen molar-refractivity contribution in [1.82, 2.24) is 4.90 Å². The third kappa shape index (κ3) is 5.69. The molecule has 1 fully saturated rings. The van der Waals surface area contributed by atoms with Gasteiger partial charge in [0.1, 0.15) is 13.2 Å². The third-order valence-corrected chi connectivity index (χ3v) is 5.43. The van der Waals surface area contributed by atoms with Crippen molar-refractivity contribution in [3.05, 3.63) is 68.6 Å². The Labute approximate surface area is 193 Å². The lowest BCUT2D eigenvalue weighted by Gasteiger charge is -2.12. The summed E-state index contributed by atoms with van der Waals surface area (Å²) in [6, 6.07) is 11.1. The number of methoxy groups -OCH3 is 1. The zero-order chi connectivity index (χ0) is 24.0. The molecule has 0 bridgehead atoms. The van der Waals surface area contributed by atoms with Crippen molar-refractivity contribution in [3.63, 3.8) is 0 Å². The van der Waals surface area contributed by atoms with Gasteiger partial charge >= 0.3 is 5.97 Å². The number of carbonyl (C=O) groups is 3. The molecule has 1 heterocycles. The van der Waals surface area contributed by atoms with E-state index in [1.807, 2.05) is 0 Å². The number of amides is 2. The fourth-order valence-corrected chi connectivity index (χ4v) is 3.82. The van der Waals surface area contributed by atoms with Crippen LogP contribution in [0, 0.1) is 10.1 Å². The molecule has 1 aliphatic rings. The molecule has 0 aromatic heterocycles. The van der Waals surface area contributed by atoms with Gasteiger partial charge in [-0.2, -0.15) is 0 Å². The molecule has 3 rings (SSSR count). The van der Waals surface area contributed by atoms with Crippen LogP contribution >= 0.6 is 11.8 Å². The minimum Gasteiger partial charge on any atom is -0.493 e. The van der Waals surface area contributed by atoms with Gasteiger partial charge in [-0.3, -0.25) is 29.4 Å². The summed E-state index contributed by atoms with van der Waals surface area (Å²) in [5.74, 6) is -0.580. The van der Waals surface area contributed by atoms with Crippen molar-refractivity contribution >= 4 is 40.6 Å². The molecular weight excluding hydrogens is 452 g/mol. The summed E-state index contributed by atoms with van der Waals surface area (Å²) < 4.78 is 15.9. The number of hydrogen-bond donors (Lipinski definition) is 0. The zero-order valence-corrected chi connectivity index (χ0v) is 18.6. The first-order valence-electron chi connectivity index (χ1n) is 9.78. The van der Waals surface area contributed by atoms with Crippen molar-refractivity contribution in [2.75, 3.05) is 20.3 Å². The van der Waals surface area contributed by atoms with Gasteiger partial charge in [0.25, 0.3) is 16.8 Å². The van der Waals surface area contributed by atoms with Crippen molar-refractivity contribution in [1.29, 1.82) is 0 Å². The number of nitro groups is 1. The van der Waals surface area contributed by atoms with Gasteiger partial charge in [-0.25, -0.2) is 0 Å². The Balaban J connectivity index is 1.80. The monoisotopic (exact) mass is 472 g/mol. The van der Waals surface area contributed by atoms with Crippen LogP contribution in [-0.4, -0.2) is 47.2 Å². The Morgan fingerprint density at radius 3 is 2.64 bits per heavy atom. The average molecular weight is 472 g/mol. The second-order valence-electron chi connectivity index (χ2n) is 6.66. The third-order valence-electron chi connectivity index (χ3n) is 4.52. The second-order valence-corrected chi connectivity index (χ2v) is 7.65. The number of benzene rings is 2. The van der Waals surface area contributed by atoms with Gasteiger partial charge in [0.15, 0.2) is 11.5 Å². The molecule has 0 aliphatic carbocycles. The number of thioether (sulfide) groups is 1. The first kappa shape index (κ1) is 23.8. The number of hydrogen-bond acceptors (Lipinski definition) is 9. The van der Waals surface area contributed by atoms with E-state index in [1.165, 1.54) is 19.3 Å². The summed E-state index contributed by atoms with van der Waals surface area (Å²) >= 11 is 0.712. The maximum Gasteiger partial charge on any atom is 0.326 e. The summed E-state index contributed by atoms with van der Waals surface area (Å²) in [4.78, 5) is 48.1. The van der Waals surface area contributed by atoms with Gasteiger partial charge in [-0.15, -0.1) is 0 Å². The Morgan fingerprint density at radius 1 is 1.18 bits per heavy atom.